The summed E-state index contributed by atoms with van der Waals surface area (Å²) in [6, 6.07) is 8.57. The van der Waals surface area contributed by atoms with Crippen molar-refractivity contribution in [3.8, 4) is 10.6 Å². The molecule has 1 aromatic carbocycles. The summed E-state index contributed by atoms with van der Waals surface area (Å²) in [6.07, 6.45) is 3.68. The lowest BCUT2D eigenvalue weighted by Gasteiger charge is -2.39. The third kappa shape index (κ3) is 1.88. The molecule has 0 aliphatic heterocycles. The number of hydrogen-bond donors (Lipinski definition) is 1. The van der Waals surface area contributed by atoms with E-state index < -0.39 is 0 Å². The van der Waals surface area contributed by atoms with Crippen LogP contribution in [0.25, 0.3) is 10.6 Å². The fourth-order valence-corrected chi connectivity index (χ4v) is 3.46. The van der Waals surface area contributed by atoms with Crippen LogP contribution in [0.3, 0.4) is 0 Å². The van der Waals surface area contributed by atoms with Crippen LogP contribution in [0.2, 0.25) is 0 Å². The Morgan fingerprint density at radius 1 is 1.28 bits per heavy atom. The summed E-state index contributed by atoms with van der Waals surface area (Å²) in [5.41, 5.74) is 9.82. The Morgan fingerprint density at radius 2 is 2.00 bits per heavy atom. The van der Waals surface area contributed by atoms with Gasteiger partial charge in [0.2, 0.25) is 0 Å². The summed E-state index contributed by atoms with van der Waals surface area (Å²) in [5.74, 6) is 0. The number of rotatable bonds is 3. The van der Waals surface area contributed by atoms with Gasteiger partial charge in [-0.3, -0.25) is 0 Å². The smallest absolute Gasteiger partial charge is 0.123 e. The Labute approximate surface area is 112 Å². The van der Waals surface area contributed by atoms with Gasteiger partial charge in [0.15, 0.2) is 0 Å². The maximum absolute atomic E-state index is 5.93. The molecule has 0 bridgehead atoms. The first-order chi connectivity index (χ1) is 8.73. The Kier molecular flexibility index (Phi) is 2.96. The Hall–Kier alpha value is -1.19. The van der Waals surface area contributed by atoms with Crippen molar-refractivity contribution in [1.29, 1.82) is 0 Å². The van der Waals surface area contributed by atoms with Crippen LogP contribution >= 0.6 is 11.3 Å². The molecule has 1 aromatic heterocycles. The van der Waals surface area contributed by atoms with Gasteiger partial charge in [0.1, 0.15) is 5.01 Å². The van der Waals surface area contributed by atoms with E-state index in [2.05, 4.69) is 36.6 Å². The van der Waals surface area contributed by atoms with Crippen molar-refractivity contribution in [2.75, 3.05) is 6.54 Å². The number of nitrogens with zero attached hydrogens (tertiary/aromatic N) is 1. The lowest BCUT2D eigenvalue weighted by molar-refractivity contribution is 0.247. The van der Waals surface area contributed by atoms with Gasteiger partial charge in [0, 0.05) is 22.9 Å². The molecule has 1 fully saturated rings. The van der Waals surface area contributed by atoms with Gasteiger partial charge in [-0.15, -0.1) is 11.3 Å². The summed E-state index contributed by atoms with van der Waals surface area (Å²) < 4.78 is 0. The molecule has 2 aromatic rings. The molecule has 1 heterocycles. The molecule has 0 radical (unpaired) electrons. The molecule has 1 saturated carbocycles. The lowest BCUT2D eigenvalue weighted by atomic mass is 9.67. The second kappa shape index (κ2) is 4.48. The normalized spacial score (nSPS) is 17.4. The van der Waals surface area contributed by atoms with E-state index in [0.717, 1.165) is 11.6 Å². The highest BCUT2D eigenvalue weighted by molar-refractivity contribution is 7.13. The van der Waals surface area contributed by atoms with Crippen molar-refractivity contribution in [3.63, 3.8) is 0 Å². The molecule has 3 heteroatoms. The zero-order valence-corrected chi connectivity index (χ0v) is 11.5. The molecule has 3 rings (SSSR count). The average molecular weight is 258 g/mol. The van der Waals surface area contributed by atoms with Crippen molar-refractivity contribution in [3.05, 3.63) is 40.9 Å². The van der Waals surface area contributed by atoms with Crippen LogP contribution in [0.15, 0.2) is 29.6 Å². The highest BCUT2D eigenvalue weighted by Crippen LogP contribution is 2.43. The Balaban J connectivity index is 1.91. The molecule has 2 nitrogen and oxygen atoms in total. The number of thiazole rings is 1. The van der Waals surface area contributed by atoms with Gasteiger partial charge in [0.05, 0.1) is 5.69 Å². The zero-order valence-electron chi connectivity index (χ0n) is 10.6. The molecule has 0 saturated heterocycles. The van der Waals surface area contributed by atoms with Crippen molar-refractivity contribution >= 4 is 11.3 Å². The number of nitrogens with two attached hydrogens (primary N) is 1. The summed E-state index contributed by atoms with van der Waals surface area (Å²) in [4.78, 5) is 4.81. The van der Waals surface area contributed by atoms with E-state index in [9.17, 15) is 0 Å². The molecular weight excluding hydrogens is 240 g/mol. The van der Waals surface area contributed by atoms with E-state index in [4.69, 9.17) is 10.7 Å². The second-order valence-electron chi connectivity index (χ2n) is 5.24. The molecular formula is C15H18N2S. The minimum absolute atomic E-state index is 0.180. The van der Waals surface area contributed by atoms with Crippen molar-refractivity contribution in [1.82, 2.24) is 4.98 Å². The highest BCUT2D eigenvalue weighted by atomic mass is 32.1. The number of hydrogen-bond acceptors (Lipinski definition) is 3. The van der Waals surface area contributed by atoms with Crippen LogP contribution in [0.5, 0.6) is 0 Å². The number of aromatic nitrogens is 1. The third-order valence-corrected chi connectivity index (χ3v) is 4.94. The third-order valence-electron chi connectivity index (χ3n) is 4.05. The number of benzene rings is 1. The Bertz CT molecular complexity index is 532. The van der Waals surface area contributed by atoms with Crippen LogP contribution in [0.4, 0.5) is 0 Å². The predicted molar refractivity (Wildman–Crippen MR) is 76.9 cm³/mol. The monoisotopic (exact) mass is 258 g/mol. The van der Waals surface area contributed by atoms with E-state index >= 15 is 0 Å². The van der Waals surface area contributed by atoms with Gasteiger partial charge < -0.3 is 5.73 Å². The minimum atomic E-state index is 0.180. The van der Waals surface area contributed by atoms with Gasteiger partial charge >= 0.3 is 0 Å². The van der Waals surface area contributed by atoms with Crippen LogP contribution in [0, 0.1) is 6.92 Å². The molecule has 0 spiro atoms. The maximum atomic E-state index is 5.93. The van der Waals surface area contributed by atoms with Crippen LogP contribution in [-0.4, -0.2) is 11.5 Å². The average Bonchev–Trinajstić information content (AvgIpc) is 2.79. The summed E-state index contributed by atoms with van der Waals surface area (Å²) >= 11 is 1.73. The molecule has 1 aliphatic rings. The van der Waals surface area contributed by atoms with Gasteiger partial charge in [-0.2, -0.15) is 0 Å². The SMILES string of the molecule is Cc1ccc(-c2nc(C3(CN)CCC3)cs2)cc1. The predicted octanol–water partition coefficient (Wildman–Crippen LogP) is 3.50. The van der Waals surface area contributed by atoms with E-state index in [1.165, 1.54) is 36.1 Å². The largest absolute Gasteiger partial charge is 0.330 e. The molecule has 0 atom stereocenters. The van der Waals surface area contributed by atoms with Gasteiger partial charge in [-0.05, 0) is 19.8 Å². The number of aryl methyl sites for hydroxylation is 1. The first kappa shape index (κ1) is 11.9. The first-order valence-corrected chi connectivity index (χ1v) is 7.35. The molecule has 1 aliphatic carbocycles. The first-order valence-electron chi connectivity index (χ1n) is 6.47. The molecule has 0 unspecified atom stereocenters. The van der Waals surface area contributed by atoms with Crippen molar-refractivity contribution in [2.45, 2.75) is 31.6 Å². The quantitative estimate of drug-likeness (QED) is 0.915. The van der Waals surface area contributed by atoms with Crippen LogP contribution in [-0.2, 0) is 5.41 Å². The van der Waals surface area contributed by atoms with Crippen LogP contribution < -0.4 is 5.73 Å². The fraction of sp³-hybridized carbons (Fsp3) is 0.400. The minimum Gasteiger partial charge on any atom is -0.330 e. The standard InChI is InChI=1S/C15H18N2S/c1-11-3-5-12(6-4-11)14-17-13(9-18-14)15(10-16)7-2-8-15/h3-6,9H,2,7-8,10,16H2,1H3. The van der Waals surface area contributed by atoms with E-state index in [1.54, 1.807) is 11.3 Å². The lowest BCUT2D eigenvalue weighted by Crippen LogP contribution is -2.41. The zero-order chi connectivity index (χ0) is 12.6. The van der Waals surface area contributed by atoms with E-state index in [1.807, 2.05) is 0 Å². The van der Waals surface area contributed by atoms with Crippen LogP contribution in [0.1, 0.15) is 30.5 Å². The summed E-state index contributed by atoms with van der Waals surface area (Å²) in [5, 5.41) is 3.31. The second-order valence-corrected chi connectivity index (χ2v) is 6.10. The molecule has 18 heavy (non-hydrogen) atoms. The van der Waals surface area contributed by atoms with Gasteiger partial charge in [0.25, 0.3) is 0 Å². The van der Waals surface area contributed by atoms with E-state index in [0.29, 0.717) is 0 Å². The maximum Gasteiger partial charge on any atom is 0.123 e. The van der Waals surface area contributed by atoms with Gasteiger partial charge in [-0.1, -0.05) is 36.2 Å². The Morgan fingerprint density at radius 3 is 2.56 bits per heavy atom. The van der Waals surface area contributed by atoms with Crippen molar-refractivity contribution < 1.29 is 0 Å². The fourth-order valence-electron chi connectivity index (χ4n) is 2.51. The molecule has 0 amide bonds. The summed E-state index contributed by atoms with van der Waals surface area (Å²) in [7, 11) is 0. The topological polar surface area (TPSA) is 38.9 Å². The summed E-state index contributed by atoms with van der Waals surface area (Å²) in [6.45, 7) is 2.83. The van der Waals surface area contributed by atoms with Gasteiger partial charge in [-0.25, -0.2) is 4.98 Å². The van der Waals surface area contributed by atoms with Crippen molar-refractivity contribution in [2.24, 2.45) is 5.73 Å². The molecule has 94 valence electrons. The van der Waals surface area contributed by atoms with E-state index in [-0.39, 0.29) is 5.41 Å². The highest BCUT2D eigenvalue weighted by Gasteiger charge is 2.39. The molecule has 2 N–H and O–H groups in total.